The normalized spacial score (nSPS) is 10.4. The summed E-state index contributed by atoms with van der Waals surface area (Å²) in [5.41, 5.74) is 1.72. The number of carbonyl (C=O) groups is 1. The Kier molecular flexibility index (Phi) is 4.30. The lowest BCUT2D eigenvalue weighted by Crippen LogP contribution is -2.18. The number of anilines is 1. The van der Waals surface area contributed by atoms with Crippen LogP contribution in [0.15, 0.2) is 34.9 Å². The number of benzene rings is 1. The molecule has 0 fully saturated rings. The van der Waals surface area contributed by atoms with Gasteiger partial charge >= 0.3 is 0 Å². The number of aryl methyl sites for hydroxylation is 1. The predicted octanol–water partition coefficient (Wildman–Crippen LogP) is 2.20. The highest BCUT2D eigenvalue weighted by Crippen LogP contribution is 2.22. The van der Waals surface area contributed by atoms with Crippen molar-refractivity contribution >= 4 is 11.6 Å². The Morgan fingerprint density at radius 3 is 2.63 bits per heavy atom. The fourth-order valence-electron chi connectivity index (χ4n) is 1.67. The number of nitrogens with one attached hydrogen (secondary N) is 2. The molecule has 1 aromatic carbocycles. The number of aromatic nitrogens is 1. The van der Waals surface area contributed by atoms with Crippen LogP contribution in [0.2, 0.25) is 0 Å². The van der Waals surface area contributed by atoms with Crippen LogP contribution >= 0.6 is 0 Å². The second-order valence-electron chi connectivity index (χ2n) is 4.22. The minimum absolute atomic E-state index is 0.00221. The van der Waals surface area contributed by atoms with Crippen molar-refractivity contribution in [3.8, 4) is 11.3 Å². The van der Waals surface area contributed by atoms with Gasteiger partial charge in [0.1, 0.15) is 0 Å². The van der Waals surface area contributed by atoms with Crippen molar-refractivity contribution in [2.75, 3.05) is 18.9 Å². The molecule has 19 heavy (non-hydrogen) atoms. The topological polar surface area (TPSA) is 67.2 Å². The third-order valence-electron chi connectivity index (χ3n) is 2.68. The summed E-state index contributed by atoms with van der Waals surface area (Å²) in [7, 11) is 1.82. The molecule has 0 spiro atoms. The summed E-state index contributed by atoms with van der Waals surface area (Å²) in [6, 6.07) is 7.50. The molecule has 2 N–H and O–H groups in total. The van der Waals surface area contributed by atoms with Crippen LogP contribution < -0.4 is 10.6 Å². The predicted molar refractivity (Wildman–Crippen MR) is 73.8 cm³/mol. The molecule has 0 aliphatic heterocycles. The van der Waals surface area contributed by atoms with E-state index < -0.39 is 0 Å². The van der Waals surface area contributed by atoms with Crippen LogP contribution in [-0.4, -0.2) is 24.5 Å². The lowest BCUT2D eigenvalue weighted by atomic mass is 10.1. The van der Waals surface area contributed by atoms with E-state index in [4.69, 9.17) is 4.42 Å². The van der Waals surface area contributed by atoms with E-state index in [0.29, 0.717) is 18.9 Å². The fraction of sp³-hybridized carbons (Fsp3) is 0.286. The monoisotopic (exact) mass is 259 g/mol. The van der Waals surface area contributed by atoms with Crippen molar-refractivity contribution in [1.29, 1.82) is 0 Å². The zero-order valence-corrected chi connectivity index (χ0v) is 11.1. The molecule has 1 amide bonds. The van der Waals surface area contributed by atoms with Crippen molar-refractivity contribution in [3.63, 3.8) is 0 Å². The third kappa shape index (κ3) is 3.66. The van der Waals surface area contributed by atoms with Crippen LogP contribution in [0.5, 0.6) is 0 Å². The quantitative estimate of drug-likeness (QED) is 0.863. The third-order valence-corrected chi connectivity index (χ3v) is 2.68. The molecule has 2 aromatic rings. The van der Waals surface area contributed by atoms with Gasteiger partial charge in [0.25, 0.3) is 0 Å². The van der Waals surface area contributed by atoms with Gasteiger partial charge in [-0.1, -0.05) is 0 Å². The maximum Gasteiger partial charge on any atom is 0.225 e. The largest absolute Gasteiger partial charge is 0.441 e. The Bertz CT molecular complexity index is 546. The van der Waals surface area contributed by atoms with Crippen LogP contribution in [0.4, 0.5) is 5.69 Å². The fourth-order valence-corrected chi connectivity index (χ4v) is 1.67. The van der Waals surface area contributed by atoms with E-state index in [1.54, 1.807) is 13.1 Å². The highest BCUT2D eigenvalue weighted by molar-refractivity contribution is 5.91. The maximum atomic E-state index is 11.5. The van der Waals surface area contributed by atoms with Crippen LogP contribution in [0.1, 0.15) is 12.3 Å². The van der Waals surface area contributed by atoms with E-state index in [1.807, 2.05) is 31.3 Å². The van der Waals surface area contributed by atoms with Gasteiger partial charge in [0.2, 0.25) is 5.91 Å². The zero-order chi connectivity index (χ0) is 13.7. The summed E-state index contributed by atoms with van der Waals surface area (Å²) < 4.78 is 5.44. The average molecular weight is 259 g/mol. The van der Waals surface area contributed by atoms with Gasteiger partial charge in [0, 0.05) is 31.1 Å². The molecule has 0 saturated carbocycles. The first-order valence-electron chi connectivity index (χ1n) is 6.16. The minimum Gasteiger partial charge on any atom is -0.441 e. The van der Waals surface area contributed by atoms with Gasteiger partial charge in [-0.05, 0) is 31.3 Å². The van der Waals surface area contributed by atoms with Crippen molar-refractivity contribution < 1.29 is 9.21 Å². The van der Waals surface area contributed by atoms with E-state index in [1.165, 1.54) is 0 Å². The lowest BCUT2D eigenvalue weighted by molar-refractivity contribution is -0.116. The molecule has 1 heterocycles. The molecule has 5 heteroatoms. The molecule has 0 aliphatic rings. The van der Waals surface area contributed by atoms with Crippen LogP contribution in [0.3, 0.4) is 0 Å². The minimum atomic E-state index is -0.00221. The van der Waals surface area contributed by atoms with Gasteiger partial charge in [-0.25, -0.2) is 4.98 Å². The Morgan fingerprint density at radius 2 is 2.05 bits per heavy atom. The van der Waals surface area contributed by atoms with Gasteiger partial charge in [0.05, 0.1) is 6.20 Å². The van der Waals surface area contributed by atoms with E-state index in [2.05, 4.69) is 15.6 Å². The standard InChI is InChI=1S/C14H17N3O2/c1-10-16-9-13(19-10)11-3-5-12(6-4-11)17-14(18)7-8-15-2/h3-6,9,15H,7-8H2,1-2H3,(H,17,18). The highest BCUT2D eigenvalue weighted by atomic mass is 16.4. The van der Waals surface area contributed by atoms with Gasteiger partial charge in [-0.3, -0.25) is 4.79 Å². The first kappa shape index (κ1) is 13.3. The van der Waals surface area contributed by atoms with Crippen LogP contribution in [-0.2, 0) is 4.79 Å². The molecule has 0 radical (unpaired) electrons. The van der Waals surface area contributed by atoms with Crippen molar-refractivity contribution in [3.05, 3.63) is 36.4 Å². The maximum absolute atomic E-state index is 11.5. The number of hydrogen-bond acceptors (Lipinski definition) is 4. The summed E-state index contributed by atoms with van der Waals surface area (Å²) in [5.74, 6) is 1.36. The summed E-state index contributed by atoms with van der Waals surface area (Å²) in [5, 5.41) is 5.77. The number of nitrogens with zero attached hydrogens (tertiary/aromatic N) is 1. The van der Waals surface area contributed by atoms with E-state index in [-0.39, 0.29) is 5.91 Å². The number of rotatable bonds is 5. The second kappa shape index (κ2) is 6.15. The number of amides is 1. The first-order valence-corrected chi connectivity index (χ1v) is 6.16. The first-order chi connectivity index (χ1) is 9.19. The molecule has 0 saturated heterocycles. The Balaban J connectivity index is 2.00. The molecule has 0 bridgehead atoms. The Labute approximate surface area is 112 Å². The van der Waals surface area contributed by atoms with E-state index in [9.17, 15) is 4.79 Å². The van der Waals surface area contributed by atoms with Crippen LogP contribution in [0, 0.1) is 6.92 Å². The zero-order valence-electron chi connectivity index (χ0n) is 11.1. The van der Waals surface area contributed by atoms with Gasteiger partial charge in [-0.15, -0.1) is 0 Å². The van der Waals surface area contributed by atoms with Gasteiger partial charge < -0.3 is 15.1 Å². The molecule has 100 valence electrons. The SMILES string of the molecule is CNCCC(=O)Nc1ccc(-c2cnc(C)o2)cc1. The molecule has 0 aliphatic carbocycles. The molecule has 1 aromatic heterocycles. The van der Waals surface area contributed by atoms with E-state index >= 15 is 0 Å². The van der Waals surface area contributed by atoms with Crippen LogP contribution in [0.25, 0.3) is 11.3 Å². The molecule has 5 nitrogen and oxygen atoms in total. The molecule has 0 atom stereocenters. The highest BCUT2D eigenvalue weighted by Gasteiger charge is 2.05. The second-order valence-corrected chi connectivity index (χ2v) is 4.22. The van der Waals surface area contributed by atoms with Gasteiger partial charge in [0.15, 0.2) is 11.7 Å². The smallest absolute Gasteiger partial charge is 0.225 e. The van der Waals surface area contributed by atoms with Crippen molar-refractivity contribution in [2.24, 2.45) is 0 Å². The average Bonchev–Trinajstić information content (AvgIpc) is 2.84. The molecular formula is C14H17N3O2. The molecule has 2 rings (SSSR count). The molecule has 0 unspecified atom stereocenters. The Morgan fingerprint density at radius 1 is 1.32 bits per heavy atom. The summed E-state index contributed by atoms with van der Waals surface area (Å²) in [6.07, 6.45) is 2.15. The number of hydrogen-bond donors (Lipinski definition) is 2. The van der Waals surface area contributed by atoms with Crippen molar-refractivity contribution in [2.45, 2.75) is 13.3 Å². The lowest BCUT2D eigenvalue weighted by Gasteiger charge is -2.05. The summed E-state index contributed by atoms with van der Waals surface area (Å²) in [4.78, 5) is 15.6. The summed E-state index contributed by atoms with van der Waals surface area (Å²) in [6.45, 7) is 2.47. The number of oxazole rings is 1. The molecular weight excluding hydrogens is 242 g/mol. The van der Waals surface area contributed by atoms with Gasteiger partial charge in [-0.2, -0.15) is 0 Å². The Hall–Kier alpha value is -2.14. The summed E-state index contributed by atoms with van der Waals surface area (Å²) >= 11 is 0. The number of carbonyl (C=O) groups excluding carboxylic acids is 1. The van der Waals surface area contributed by atoms with E-state index in [0.717, 1.165) is 17.0 Å². The van der Waals surface area contributed by atoms with Crippen molar-refractivity contribution in [1.82, 2.24) is 10.3 Å².